The van der Waals surface area contributed by atoms with Crippen LogP contribution < -0.4 is 20.7 Å². The van der Waals surface area contributed by atoms with Gasteiger partial charge >= 0.3 is 0 Å². The first-order valence-corrected chi connectivity index (χ1v) is 13.3. The number of amides is 1. The second-order valence-electron chi connectivity index (χ2n) is 10.3. The van der Waals surface area contributed by atoms with E-state index in [1.807, 2.05) is 55.5 Å². The molecule has 2 fully saturated rings. The van der Waals surface area contributed by atoms with Gasteiger partial charge in [0.1, 0.15) is 5.75 Å². The lowest BCUT2D eigenvalue weighted by Crippen LogP contribution is -2.38. The van der Waals surface area contributed by atoms with Crippen molar-refractivity contribution in [1.82, 2.24) is 20.3 Å². The Labute approximate surface area is 222 Å². The Balaban J connectivity index is 1.31. The first-order valence-electron chi connectivity index (χ1n) is 13.3. The van der Waals surface area contributed by atoms with Crippen molar-refractivity contribution in [3.05, 3.63) is 66.5 Å². The number of hydrogen-bond donors (Lipinski definition) is 3. The number of aromatic nitrogens is 3. The highest BCUT2D eigenvalue weighted by Crippen LogP contribution is 2.41. The van der Waals surface area contributed by atoms with Crippen LogP contribution in [0.15, 0.2) is 60.9 Å². The smallest absolute Gasteiger partial charge is 0.228 e. The van der Waals surface area contributed by atoms with E-state index in [1.54, 1.807) is 12.4 Å². The van der Waals surface area contributed by atoms with E-state index in [2.05, 4.69) is 32.8 Å². The molecule has 1 aliphatic carbocycles. The molecule has 0 spiro atoms. The normalized spacial score (nSPS) is 20.6. The molecular formula is C30H32N6O2. The van der Waals surface area contributed by atoms with Crippen molar-refractivity contribution in [2.75, 3.05) is 23.7 Å². The summed E-state index contributed by atoms with van der Waals surface area (Å²) in [4.78, 5) is 26.4. The molecule has 2 aliphatic rings. The standard InChI is InChI=1S/C30H32N6O2/c1-18-10-11-21-22(7-3-9-25(21)35-28(37)24-16-19(24)2)27(18)38-29-23(8-5-14-32-29)26-12-15-33-30(36-26)34-20-6-4-13-31-17-20/h3,5,7-12,14-15,19-20,24,31H,4,6,13,16-17H2,1-2H3,(H,35,37)(H,33,34,36)/t19-,20?,24-/m1/s1. The molecule has 6 rings (SSSR count). The average molecular weight is 509 g/mol. The number of rotatable bonds is 7. The van der Waals surface area contributed by atoms with Crippen molar-refractivity contribution in [1.29, 1.82) is 0 Å². The van der Waals surface area contributed by atoms with Gasteiger partial charge in [-0.2, -0.15) is 0 Å². The van der Waals surface area contributed by atoms with Crippen LogP contribution in [0.2, 0.25) is 0 Å². The summed E-state index contributed by atoms with van der Waals surface area (Å²) in [6.45, 7) is 6.07. The van der Waals surface area contributed by atoms with Crippen LogP contribution in [0.5, 0.6) is 11.6 Å². The quantitative estimate of drug-likeness (QED) is 0.301. The van der Waals surface area contributed by atoms with Crippen molar-refractivity contribution >= 4 is 28.3 Å². The maximum absolute atomic E-state index is 12.7. The third-order valence-corrected chi connectivity index (χ3v) is 7.44. The first kappa shape index (κ1) is 24.3. The number of pyridine rings is 1. The van der Waals surface area contributed by atoms with E-state index in [0.717, 1.165) is 65.6 Å². The molecular weight excluding hydrogens is 476 g/mol. The number of ether oxygens (including phenoxy) is 1. The molecule has 194 valence electrons. The van der Waals surface area contributed by atoms with Gasteiger partial charge in [0, 0.05) is 47.4 Å². The Hall–Kier alpha value is -4.04. The largest absolute Gasteiger partial charge is 0.437 e. The third kappa shape index (κ3) is 5.04. The van der Waals surface area contributed by atoms with E-state index in [-0.39, 0.29) is 11.8 Å². The molecule has 8 heteroatoms. The molecule has 0 radical (unpaired) electrons. The van der Waals surface area contributed by atoms with Crippen LogP contribution in [0, 0.1) is 18.8 Å². The van der Waals surface area contributed by atoms with Crippen molar-refractivity contribution in [3.63, 3.8) is 0 Å². The van der Waals surface area contributed by atoms with Gasteiger partial charge in [0.15, 0.2) is 0 Å². The highest BCUT2D eigenvalue weighted by atomic mass is 16.5. The maximum atomic E-state index is 12.7. The van der Waals surface area contributed by atoms with Gasteiger partial charge in [-0.3, -0.25) is 4.79 Å². The maximum Gasteiger partial charge on any atom is 0.228 e. The SMILES string of the molecule is Cc1ccc2c(NC(=O)[C@@H]3C[C@H]3C)cccc2c1Oc1ncccc1-c1ccnc(NC2CCCNC2)n1. The van der Waals surface area contributed by atoms with Gasteiger partial charge < -0.3 is 20.7 Å². The summed E-state index contributed by atoms with van der Waals surface area (Å²) in [6, 6.07) is 16.0. The zero-order valence-electron chi connectivity index (χ0n) is 21.7. The fraction of sp³-hybridized carbons (Fsp3) is 0.333. The summed E-state index contributed by atoms with van der Waals surface area (Å²) >= 11 is 0. The molecule has 0 bridgehead atoms. The van der Waals surface area contributed by atoms with Gasteiger partial charge in [-0.25, -0.2) is 15.0 Å². The van der Waals surface area contributed by atoms with Crippen LogP contribution in [0.4, 0.5) is 11.6 Å². The number of carbonyl (C=O) groups is 1. The summed E-state index contributed by atoms with van der Waals surface area (Å²) in [5.74, 6) is 2.40. The Kier molecular flexibility index (Phi) is 6.64. The number of nitrogens with zero attached hydrogens (tertiary/aromatic N) is 3. The summed E-state index contributed by atoms with van der Waals surface area (Å²) in [7, 11) is 0. The number of fused-ring (bicyclic) bond motifs is 1. The van der Waals surface area contributed by atoms with Crippen LogP contribution in [0.3, 0.4) is 0 Å². The zero-order chi connectivity index (χ0) is 26.1. The lowest BCUT2D eigenvalue weighted by molar-refractivity contribution is -0.117. The second-order valence-corrected chi connectivity index (χ2v) is 10.3. The van der Waals surface area contributed by atoms with Crippen LogP contribution in [0.1, 0.15) is 31.7 Å². The lowest BCUT2D eigenvalue weighted by Gasteiger charge is -2.23. The van der Waals surface area contributed by atoms with E-state index in [9.17, 15) is 4.79 Å². The van der Waals surface area contributed by atoms with Gasteiger partial charge in [0.2, 0.25) is 17.7 Å². The molecule has 1 amide bonds. The van der Waals surface area contributed by atoms with Crippen molar-refractivity contribution < 1.29 is 9.53 Å². The lowest BCUT2D eigenvalue weighted by atomic mass is 10.0. The van der Waals surface area contributed by atoms with E-state index < -0.39 is 0 Å². The first-order chi connectivity index (χ1) is 18.6. The average Bonchev–Trinajstić information content (AvgIpc) is 3.68. The molecule has 2 aromatic heterocycles. The molecule has 1 saturated carbocycles. The third-order valence-electron chi connectivity index (χ3n) is 7.44. The molecule has 38 heavy (non-hydrogen) atoms. The fourth-order valence-electron chi connectivity index (χ4n) is 5.10. The predicted molar refractivity (Wildman–Crippen MR) is 149 cm³/mol. The Morgan fingerprint density at radius 2 is 1.95 bits per heavy atom. The van der Waals surface area contributed by atoms with Crippen molar-refractivity contribution in [3.8, 4) is 22.9 Å². The molecule has 1 aliphatic heterocycles. The zero-order valence-corrected chi connectivity index (χ0v) is 21.7. The fourth-order valence-corrected chi connectivity index (χ4v) is 5.10. The van der Waals surface area contributed by atoms with Crippen LogP contribution in [-0.4, -0.2) is 40.0 Å². The molecule has 2 aromatic carbocycles. The minimum Gasteiger partial charge on any atom is -0.437 e. The number of hydrogen-bond acceptors (Lipinski definition) is 7. The van der Waals surface area contributed by atoms with Gasteiger partial charge in [-0.1, -0.05) is 31.2 Å². The molecule has 1 unspecified atom stereocenters. The molecule has 3 atom stereocenters. The number of benzene rings is 2. The van der Waals surface area contributed by atoms with Gasteiger partial charge in [0.05, 0.1) is 11.3 Å². The van der Waals surface area contributed by atoms with Gasteiger partial charge in [0.25, 0.3) is 0 Å². The monoisotopic (exact) mass is 508 g/mol. The molecule has 4 aromatic rings. The second kappa shape index (κ2) is 10.4. The van der Waals surface area contributed by atoms with Crippen LogP contribution in [0.25, 0.3) is 22.0 Å². The minimum atomic E-state index is 0.0808. The topological polar surface area (TPSA) is 101 Å². The Morgan fingerprint density at radius 1 is 1.05 bits per heavy atom. The van der Waals surface area contributed by atoms with E-state index >= 15 is 0 Å². The van der Waals surface area contributed by atoms with Crippen molar-refractivity contribution in [2.24, 2.45) is 11.8 Å². The molecule has 3 heterocycles. The highest BCUT2D eigenvalue weighted by molar-refractivity contribution is 6.05. The summed E-state index contributed by atoms with van der Waals surface area (Å²) < 4.78 is 6.52. The number of nitrogens with one attached hydrogen (secondary N) is 3. The minimum absolute atomic E-state index is 0.0808. The number of anilines is 2. The summed E-state index contributed by atoms with van der Waals surface area (Å²) in [5, 5.41) is 11.8. The molecule has 3 N–H and O–H groups in total. The predicted octanol–water partition coefficient (Wildman–Crippen LogP) is 5.55. The summed E-state index contributed by atoms with van der Waals surface area (Å²) in [5.41, 5.74) is 3.28. The van der Waals surface area contributed by atoms with Gasteiger partial charge in [-0.05, 0) is 68.5 Å². The molecule has 8 nitrogen and oxygen atoms in total. The number of piperidine rings is 1. The Morgan fingerprint density at radius 3 is 2.76 bits per heavy atom. The van der Waals surface area contributed by atoms with E-state index in [1.165, 1.54) is 0 Å². The van der Waals surface area contributed by atoms with E-state index in [0.29, 0.717) is 29.5 Å². The Bertz CT molecular complexity index is 1480. The van der Waals surface area contributed by atoms with E-state index in [4.69, 9.17) is 9.72 Å². The summed E-state index contributed by atoms with van der Waals surface area (Å²) in [6.07, 6.45) is 6.65. The number of carbonyl (C=O) groups excluding carboxylic acids is 1. The van der Waals surface area contributed by atoms with Crippen molar-refractivity contribution in [2.45, 2.75) is 39.2 Å². The van der Waals surface area contributed by atoms with Crippen LogP contribution >= 0.6 is 0 Å². The molecule has 1 saturated heterocycles. The van der Waals surface area contributed by atoms with Crippen LogP contribution in [-0.2, 0) is 4.79 Å². The number of aryl methyl sites for hydroxylation is 1. The van der Waals surface area contributed by atoms with Gasteiger partial charge in [-0.15, -0.1) is 0 Å². The highest BCUT2D eigenvalue weighted by Gasteiger charge is 2.39.